The van der Waals surface area contributed by atoms with Crippen molar-refractivity contribution in [3.8, 4) is 23.0 Å². The quantitative estimate of drug-likeness (QED) is 0.643. The van der Waals surface area contributed by atoms with Crippen molar-refractivity contribution in [2.45, 2.75) is 13.0 Å². The molecule has 2 aromatic rings. The lowest BCUT2D eigenvalue weighted by Crippen LogP contribution is -2.27. The molecule has 0 fully saturated rings. The number of carbonyl (C=O) groups is 2. The monoisotopic (exact) mass is 415 g/mol. The van der Waals surface area contributed by atoms with Crippen molar-refractivity contribution >= 4 is 11.9 Å². The smallest absolute Gasteiger partial charge is 0.338 e. The van der Waals surface area contributed by atoms with E-state index >= 15 is 0 Å². The van der Waals surface area contributed by atoms with Crippen LogP contribution in [0.25, 0.3) is 0 Å². The predicted octanol–water partition coefficient (Wildman–Crippen LogP) is 3.14. The molecule has 0 spiro atoms. The molecule has 1 atom stereocenters. The Hall–Kier alpha value is -3.26. The molecule has 0 N–H and O–H groups in total. The summed E-state index contributed by atoms with van der Waals surface area (Å²) in [6, 6.07) is 9.81. The summed E-state index contributed by atoms with van der Waals surface area (Å²) in [5.74, 6) is 1.13. The van der Waals surface area contributed by atoms with Crippen LogP contribution < -0.4 is 14.2 Å². The molecule has 1 heterocycles. The van der Waals surface area contributed by atoms with Crippen molar-refractivity contribution in [2.24, 2.45) is 0 Å². The van der Waals surface area contributed by atoms with Gasteiger partial charge in [0.1, 0.15) is 35.7 Å². The second-order valence-corrected chi connectivity index (χ2v) is 6.90. The maximum Gasteiger partial charge on any atom is 0.338 e. The van der Waals surface area contributed by atoms with Gasteiger partial charge in [0.25, 0.3) is 5.91 Å². The largest absolute Gasteiger partial charge is 0.491 e. The highest BCUT2D eigenvalue weighted by Crippen LogP contribution is 2.33. The highest BCUT2D eigenvalue weighted by atomic mass is 16.5. The molecule has 8 heteroatoms. The first-order valence-corrected chi connectivity index (χ1v) is 9.50. The van der Waals surface area contributed by atoms with Crippen LogP contribution in [-0.2, 0) is 9.47 Å². The first kappa shape index (κ1) is 21.4. The fraction of sp³-hybridized carbons (Fsp3) is 0.364. The molecular weight excluding hydrogens is 390 g/mol. The van der Waals surface area contributed by atoms with Crippen LogP contribution in [0.4, 0.5) is 0 Å². The van der Waals surface area contributed by atoms with Gasteiger partial charge in [-0.2, -0.15) is 0 Å². The van der Waals surface area contributed by atoms with E-state index in [9.17, 15) is 9.59 Å². The van der Waals surface area contributed by atoms with Crippen LogP contribution in [0.3, 0.4) is 0 Å². The first-order valence-electron chi connectivity index (χ1n) is 9.50. The number of fused-ring (bicyclic) bond motifs is 1. The Morgan fingerprint density at radius 2 is 1.90 bits per heavy atom. The van der Waals surface area contributed by atoms with Crippen molar-refractivity contribution in [1.82, 2.24) is 4.90 Å². The molecule has 2 aromatic carbocycles. The number of rotatable bonds is 7. The molecule has 8 nitrogen and oxygen atoms in total. The average Bonchev–Trinajstić information content (AvgIpc) is 2.85. The molecule has 1 aliphatic heterocycles. The standard InChI is InChI=1S/C22H25NO7/c1-14(13-26-3)29-17-9-15(22(25)27-4)10-18(11-17)30-16-5-6-19-20(12-16)28-8-7-23(2)21(19)24/h5-6,9-12,14H,7-8,13H2,1-4H3. The molecule has 0 saturated heterocycles. The average molecular weight is 415 g/mol. The SMILES string of the molecule is COCC(C)Oc1cc(Oc2ccc3c(c2)OCCN(C)C3=O)cc(C(=O)OC)c1. The van der Waals surface area contributed by atoms with Gasteiger partial charge in [0.05, 0.1) is 31.4 Å². The molecule has 0 radical (unpaired) electrons. The minimum Gasteiger partial charge on any atom is -0.491 e. The summed E-state index contributed by atoms with van der Waals surface area (Å²) in [6.45, 7) is 3.15. The molecule has 0 bridgehead atoms. The van der Waals surface area contributed by atoms with E-state index in [-0.39, 0.29) is 17.6 Å². The zero-order valence-electron chi connectivity index (χ0n) is 17.5. The van der Waals surface area contributed by atoms with E-state index in [0.29, 0.717) is 48.3 Å². The third-order valence-corrected chi connectivity index (χ3v) is 4.49. The number of amides is 1. The van der Waals surface area contributed by atoms with Gasteiger partial charge in [-0.25, -0.2) is 4.79 Å². The lowest BCUT2D eigenvalue weighted by Gasteiger charge is -2.16. The Balaban J connectivity index is 1.89. The van der Waals surface area contributed by atoms with Gasteiger partial charge in [0.15, 0.2) is 0 Å². The number of carbonyl (C=O) groups excluding carboxylic acids is 2. The lowest BCUT2D eigenvalue weighted by molar-refractivity contribution is 0.0598. The zero-order chi connectivity index (χ0) is 21.7. The molecular formula is C22H25NO7. The molecule has 0 aromatic heterocycles. The third-order valence-electron chi connectivity index (χ3n) is 4.49. The van der Waals surface area contributed by atoms with Crippen molar-refractivity contribution in [1.29, 1.82) is 0 Å². The van der Waals surface area contributed by atoms with Gasteiger partial charge in [-0.3, -0.25) is 4.79 Å². The minimum absolute atomic E-state index is 0.107. The summed E-state index contributed by atoms with van der Waals surface area (Å²) >= 11 is 0. The van der Waals surface area contributed by atoms with E-state index in [1.807, 2.05) is 6.92 Å². The van der Waals surface area contributed by atoms with E-state index in [0.717, 1.165) is 0 Å². The van der Waals surface area contributed by atoms with Crippen LogP contribution in [0, 0.1) is 0 Å². The fourth-order valence-electron chi connectivity index (χ4n) is 3.03. The Labute approximate surface area is 175 Å². The summed E-state index contributed by atoms with van der Waals surface area (Å²) in [6.07, 6.45) is -0.223. The number of nitrogens with zero attached hydrogens (tertiary/aromatic N) is 1. The van der Waals surface area contributed by atoms with Gasteiger partial charge >= 0.3 is 5.97 Å². The zero-order valence-corrected chi connectivity index (χ0v) is 17.5. The molecule has 1 aliphatic rings. The Kier molecular flexibility index (Phi) is 6.79. The maximum absolute atomic E-state index is 12.4. The summed E-state index contributed by atoms with van der Waals surface area (Å²) in [4.78, 5) is 26.1. The molecule has 1 amide bonds. The van der Waals surface area contributed by atoms with Crippen molar-refractivity contribution in [2.75, 3.05) is 41.0 Å². The minimum atomic E-state index is -0.511. The topological polar surface area (TPSA) is 83.5 Å². The van der Waals surface area contributed by atoms with E-state index in [1.165, 1.54) is 7.11 Å². The number of methoxy groups -OCH3 is 2. The predicted molar refractivity (Wildman–Crippen MR) is 109 cm³/mol. The maximum atomic E-state index is 12.4. The molecule has 160 valence electrons. The highest BCUT2D eigenvalue weighted by Gasteiger charge is 2.21. The summed E-state index contributed by atoms with van der Waals surface area (Å²) in [7, 11) is 4.62. The van der Waals surface area contributed by atoms with Gasteiger partial charge < -0.3 is 28.6 Å². The summed E-state index contributed by atoms with van der Waals surface area (Å²) in [5, 5.41) is 0. The second kappa shape index (κ2) is 9.49. The number of benzene rings is 2. The number of likely N-dealkylation sites (N-methyl/N-ethyl adjacent to an activating group) is 1. The fourth-order valence-corrected chi connectivity index (χ4v) is 3.03. The van der Waals surface area contributed by atoms with Crippen LogP contribution in [0.2, 0.25) is 0 Å². The van der Waals surface area contributed by atoms with Crippen LogP contribution >= 0.6 is 0 Å². The van der Waals surface area contributed by atoms with E-state index in [2.05, 4.69) is 0 Å². The third kappa shape index (κ3) is 5.01. The van der Waals surface area contributed by atoms with E-state index in [4.69, 9.17) is 23.7 Å². The number of esters is 1. The molecule has 30 heavy (non-hydrogen) atoms. The number of hydrogen-bond acceptors (Lipinski definition) is 7. The molecule has 0 aliphatic carbocycles. The van der Waals surface area contributed by atoms with Crippen LogP contribution in [-0.4, -0.2) is 63.9 Å². The summed E-state index contributed by atoms with van der Waals surface area (Å²) < 4.78 is 27.4. The van der Waals surface area contributed by atoms with E-state index < -0.39 is 5.97 Å². The van der Waals surface area contributed by atoms with Gasteiger partial charge in [-0.1, -0.05) is 0 Å². The van der Waals surface area contributed by atoms with Crippen LogP contribution in [0.1, 0.15) is 27.6 Å². The first-order chi connectivity index (χ1) is 14.4. The normalized spacial score (nSPS) is 14.3. The summed E-state index contributed by atoms with van der Waals surface area (Å²) in [5.41, 5.74) is 0.764. The van der Waals surface area contributed by atoms with Gasteiger partial charge in [0, 0.05) is 26.3 Å². The van der Waals surface area contributed by atoms with Crippen LogP contribution in [0.15, 0.2) is 36.4 Å². The van der Waals surface area contributed by atoms with Crippen molar-refractivity contribution < 1.29 is 33.3 Å². The number of hydrogen-bond donors (Lipinski definition) is 0. The van der Waals surface area contributed by atoms with Crippen molar-refractivity contribution in [3.63, 3.8) is 0 Å². The Morgan fingerprint density at radius 3 is 2.63 bits per heavy atom. The van der Waals surface area contributed by atoms with E-state index in [1.54, 1.807) is 55.5 Å². The molecule has 0 saturated carbocycles. The highest BCUT2D eigenvalue weighted by molar-refractivity contribution is 5.97. The molecule has 1 unspecified atom stereocenters. The van der Waals surface area contributed by atoms with Gasteiger partial charge in [0.2, 0.25) is 0 Å². The van der Waals surface area contributed by atoms with Gasteiger partial charge in [-0.15, -0.1) is 0 Å². The van der Waals surface area contributed by atoms with Gasteiger partial charge in [-0.05, 0) is 31.2 Å². The lowest BCUT2D eigenvalue weighted by atomic mass is 10.1. The van der Waals surface area contributed by atoms with Crippen LogP contribution in [0.5, 0.6) is 23.0 Å². The Morgan fingerprint density at radius 1 is 1.13 bits per heavy atom. The number of ether oxygens (including phenoxy) is 5. The second-order valence-electron chi connectivity index (χ2n) is 6.90. The Bertz CT molecular complexity index is 928. The molecule has 3 rings (SSSR count). The van der Waals surface area contributed by atoms with Crippen molar-refractivity contribution in [3.05, 3.63) is 47.5 Å².